The smallest absolute Gasteiger partial charge is 0.191 e. The lowest BCUT2D eigenvalue weighted by atomic mass is 10.2. The molecule has 0 bridgehead atoms. The second kappa shape index (κ2) is 9.67. The van der Waals surface area contributed by atoms with Crippen molar-refractivity contribution in [3.05, 3.63) is 39.3 Å². The molecule has 0 amide bonds. The quantitative estimate of drug-likeness (QED) is 0.362. The van der Waals surface area contributed by atoms with Gasteiger partial charge in [-0.05, 0) is 32.0 Å². The van der Waals surface area contributed by atoms with Gasteiger partial charge in [0, 0.05) is 24.0 Å². The number of aryl methyl sites for hydroxylation is 2. The van der Waals surface area contributed by atoms with Crippen LogP contribution < -0.4 is 15.4 Å². The normalized spacial score (nSPS) is 10.9. The molecule has 0 aliphatic rings. The lowest BCUT2D eigenvalue weighted by molar-refractivity contribution is 0.410. The van der Waals surface area contributed by atoms with Gasteiger partial charge >= 0.3 is 0 Å². The van der Waals surface area contributed by atoms with Gasteiger partial charge < -0.3 is 20.5 Å². The maximum Gasteiger partial charge on any atom is 0.191 e. The van der Waals surface area contributed by atoms with Crippen LogP contribution in [0.2, 0.25) is 0 Å². The van der Waals surface area contributed by atoms with Gasteiger partial charge in [-0.25, -0.2) is 4.98 Å². The van der Waals surface area contributed by atoms with Crippen LogP contribution in [0.1, 0.15) is 21.1 Å². The Hall–Kier alpha value is -1.55. The zero-order valence-corrected chi connectivity index (χ0v) is 17.4. The van der Waals surface area contributed by atoms with Gasteiger partial charge in [0.15, 0.2) is 5.96 Å². The molecule has 0 saturated heterocycles. The predicted octanol–water partition coefficient (Wildman–Crippen LogP) is 2.96. The molecule has 3 N–H and O–H groups in total. The lowest BCUT2D eigenvalue weighted by Crippen LogP contribution is -2.36. The number of phenols is 1. The van der Waals surface area contributed by atoms with Gasteiger partial charge in [0.05, 0.1) is 24.4 Å². The molecule has 0 radical (unpaired) electrons. The van der Waals surface area contributed by atoms with Crippen LogP contribution in [-0.4, -0.2) is 30.2 Å². The summed E-state index contributed by atoms with van der Waals surface area (Å²) in [5, 5.41) is 17.4. The average molecular weight is 462 g/mol. The van der Waals surface area contributed by atoms with E-state index in [9.17, 15) is 5.11 Å². The highest BCUT2D eigenvalue weighted by molar-refractivity contribution is 14.0. The third kappa shape index (κ3) is 5.52. The Morgan fingerprint density at radius 3 is 2.58 bits per heavy atom. The average Bonchev–Trinajstić information content (AvgIpc) is 2.86. The topological polar surface area (TPSA) is 78.8 Å². The number of methoxy groups -OCH3 is 1. The number of phenolic OH excluding ortho intramolecular Hbond substituents is 1. The van der Waals surface area contributed by atoms with Crippen LogP contribution in [0.15, 0.2) is 23.2 Å². The summed E-state index contributed by atoms with van der Waals surface area (Å²) in [6.07, 6.45) is 0. The summed E-state index contributed by atoms with van der Waals surface area (Å²) in [6.45, 7) is 5.12. The van der Waals surface area contributed by atoms with Crippen molar-refractivity contribution in [1.82, 2.24) is 15.6 Å². The van der Waals surface area contributed by atoms with E-state index >= 15 is 0 Å². The largest absolute Gasteiger partial charge is 0.508 e. The highest BCUT2D eigenvalue weighted by Crippen LogP contribution is 2.22. The van der Waals surface area contributed by atoms with Crippen LogP contribution in [0.4, 0.5) is 0 Å². The number of nitrogens with one attached hydrogen (secondary N) is 2. The molecule has 2 aromatic rings. The fourth-order valence-electron chi connectivity index (χ4n) is 2.13. The van der Waals surface area contributed by atoms with Crippen molar-refractivity contribution >= 4 is 41.3 Å². The number of hydrogen-bond donors (Lipinski definition) is 3. The van der Waals surface area contributed by atoms with Crippen molar-refractivity contribution in [2.75, 3.05) is 14.2 Å². The number of nitrogens with zero attached hydrogens (tertiary/aromatic N) is 2. The zero-order chi connectivity index (χ0) is 16.8. The minimum Gasteiger partial charge on any atom is -0.508 e. The Morgan fingerprint density at radius 2 is 2.00 bits per heavy atom. The number of hydrogen-bond acceptors (Lipinski definition) is 5. The molecule has 0 unspecified atom stereocenters. The van der Waals surface area contributed by atoms with E-state index in [0.29, 0.717) is 24.8 Å². The summed E-state index contributed by atoms with van der Waals surface area (Å²) in [5.41, 5.74) is 1.79. The molecule has 0 aliphatic heterocycles. The minimum atomic E-state index is 0. The van der Waals surface area contributed by atoms with Gasteiger partial charge in [0.1, 0.15) is 11.5 Å². The Labute approximate surface area is 163 Å². The second-order valence-electron chi connectivity index (χ2n) is 5.02. The van der Waals surface area contributed by atoms with Gasteiger partial charge in [-0.2, -0.15) is 0 Å². The number of aromatic hydroxyl groups is 1. The van der Waals surface area contributed by atoms with E-state index in [1.807, 2.05) is 13.8 Å². The highest BCUT2D eigenvalue weighted by atomic mass is 127. The summed E-state index contributed by atoms with van der Waals surface area (Å²) in [6, 6.07) is 5.14. The summed E-state index contributed by atoms with van der Waals surface area (Å²) in [7, 11) is 3.31. The molecule has 0 fully saturated rings. The minimum absolute atomic E-state index is 0. The van der Waals surface area contributed by atoms with E-state index in [0.717, 1.165) is 16.3 Å². The molecular formula is C16H23IN4O2S. The highest BCUT2D eigenvalue weighted by Gasteiger charge is 2.07. The van der Waals surface area contributed by atoms with Crippen molar-refractivity contribution in [3.63, 3.8) is 0 Å². The van der Waals surface area contributed by atoms with E-state index < -0.39 is 0 Å². The number of rotatable bonds is 5. The first-order chi connectivity index (χ1) is 11.0. The number of aliphatic imine (C=N–C) groups is 1. The van der Waals surface area contributed by atoms with Crippen LogP contribution >= 0.6 is 35.3 Å². The Balaban J connectivity index is 0.00000288. The molecule has 24 heavy (non-hydrogen) atoms. The second-order valence-corrected chi connectivity index (χ2v) is 6.30. The van der Waals surface area contributed by atoms with E-state index in [1.165, 1.54) is 4.88 Å². The molecule has 0 aliphatic carbocycles. The van der Waals surface area contributed by atoms with Gasteiger partial charge in [-0.3, -0.25) is 4.99 Å². The van der Waals surface area contributed by atoms with Crippen molar-refractivity contribution in [1.29, 1.82) is 0 Å². The first-order valence-corrected chi connectivity index (χ1v) is 8.08. The molecule has 1 aromatic heterocycles. The molecular weight excluding hydrogens is 439 g/mol. The first-order valence-electron chi connectivity index (χ1n) is 7.26. The van der Waals surface area contributed by atoms with Crippen LogP contribution in [-0.2, 0) is 13.1 Å². The number of thiazole rings is 1. The predicted molar refractivity (Wildman–Crippen MR) is 109 cm³/mol. The fourth-order valence-corrected chi connectivity index (χ4v) is 3.01. The van der Waals surface area contributed by atoms with Gasteiger partial charge in [0.2, 0.25) is 0 Å². The SMILES string of the molecule is CN=C(NCc1cc(OC)ccc1O)NCc1sc(C)nc1C.I. The number of benzene rings is 1. The number of halogens is 1. The van der Waals surface area contributed by atoms with Gasteiger partial charge in [0.25, 0.3) is 0 Å². The molecule has 1 heterocycles. The molecule has 8 heteroatoms. The molecule has 6 nitrogen and oxygen atoms in total. The summed E-state index contributed by atoms with van der Waals surface area (Å²) < 4.78 is 5.17. The van der Waals surface area contributed by atoms with Crippen LogP contribution in [0.3, 0.4) is 0 Å². The van der Waals surface area contributed by atoms with Crippen molar-refractivity contribution < 1.29 is 9.84 Å². The van der Waals surface area contributed by atoms with Crippen molar-refractivity contribution in [3.8, 4) is 11.5 Å². The molecule has 0 atom stereocenters. The number of guanidine groups is 1. The zero-order valence-electron chi connectivity index (χ0n) is 14.2. The van der Waals surface area contributed by atoms with E-state index in [4.69, 9.17) is 4.74 Å². The summed E-state index contributed by atoms with van der Waals surface area (Å²) in [4.78, 5) is 9.79. The Kier molecular flexibility index (Phi) is 8.26. The van der Waals surface area contributed by atoms with Gasteiger partial charge in [-0.1, -0.05) is 0 Å². The Morgan fingerprint density at radius 1 is 1.29 bits per heavy atom. The third-order valence-corrected chi connectivity index (χ3v) is 4.45. The summed E-state index contributed by atoms with van der Waals surface area (Å²) in [5.74, 6) is 1.60. The third-order valence-electron chi connectivity index (χ3n) is 3.37. The van der Waals surface area contributed by atoms with Crippen LogP contribution in [0, 0.1) is 13.8 Å². The molecule has 132 valence electrons. The summed E-state index contributed by atoms with van der Waals surface area (Å²) >= 11 is 1.68. The Bertz CT molecular complexity index is 703. The first kappa shape index (κ1) is 20.5. The number of ether oxygens (including phenoxy) is 1. The molecule has 0 spiro atoms. The van der Waals surface area contributed by atoms with Crippen LogP contribution in [0.5, 0.6) is 11.5 Å². The molecule has 1 aromatic carbocycles. The molecule has 2 rings (SSSR count). The number of aromatic nitrogens is 1. The monoisotopic (exact) mass is 462 g/mol. The molecule has 0 saturated carbocycles. The van der Waals surface area contributed by atoms with Crippen molar-refractivity contribution in [2.45, 2.75) is 26.9 Å². The fraction of sp³-hybridized carbons (Fsp3) is 0.375. The maximum atomic E-state index is 9.90. The standard InChI is InChI=1S/C16H22N4O2S.HI/c1-10-15(23-11(2)20-10)9-19-16(17-3)18-8-12-7-13(22-4)5-6-14(12)21;/h5-7,21H,8-9H2,1-4H3,(H2,17,18,19);1H. The van der Waals surface area contributed by atoms with Gasteiger partial charge in [-0.15, -0.1) is 35.3 Å². The van der Waals surface area contributed by atoms with Crippen molar-refractivity contribution in [2.24, 2.45) is 4.99 Å². The van der Waals surface area contributed by atoms with E-state index in [2.05, 4.69) is 20.6 Å². The van der Waals surface area contributed by atoms with E-state index in [-0.39, 0.29) is 29.7 Å². The van der Waals surface area contributed by atoms with Crippen LogP contribution in [0.25, 0.3) is 0 Å². The maximum absolute atomic E-state index is 9.90. The lowest BCUT2D eigenvalue weighted by Gasteiger charge is -2.13. The van der Waals surface area contributed by atoms with E-state index in [1.54, 1.807) is 43.7 Å².